The maximum absolute atomic E-state index is 11.7. The van der Waals surface area contributed by atoms with Crippen LogP contribution in [-0.2, 0) is 4.74 Å². The monoisotopic (exact) mass is 258 g/mol. The molecule has 0 unspecified atom stereocenters. The Kier molecular flexibility index (Phi) is 2.51. The summed E-state index contributed by atoms with van der Waals surface area (Å²) >= 11 is 4.82. The summed E-state index contributed by atoms with van der Waals surface area (Å²) in [5.41, 5.74) is 0.699. The minimum Gasteiger partial charge on any atom is -0.489 e. The van der Waals surface area contributed by atoms with Crippen molar-refractivity contribution in [1.29, 1.82) is 0 Å². The maximum Gasteiger partial charge on any atom is 0.228 e. The SMILES string of the molecule is O=C(C1=CCCO1)c1csc(Br)c1. The third-order valence-corrected chi connectivity index (χ3v) is 3.26. The number of hydrogen-bond acceptors (Lipinski definition) is 3. The van der Waals surface area contributed by atoms with Gasteiger partial charge in [-0.25, -0.2) is 0 Å². The molecule has 0 radical (unpaired) electrons. The van der Waals surface area contributed by atoms with Crippen LogP contribution >= 0.6 is 27.3 Å². The van der Waals surface area contributed by atoms with Crippen LogP contribution in [0.5, 0.6) is 0 Å². The minimum absolute atomic E-state index is 0.0144. The third kappa shape index (κ3) is 1.84. The molecule has 0 atom stereocenters. The van der Waals surface area contributed by atoms with E-state index in [4.69, 9.17) is 4.74 Å². The molecule has 0 N–H and O–H groups in total. The molecule has 13 heavy (non-hydrogen) atoms. The highest BCUT2D eigenvalue weighted by Crippen LogP contribution is 2.24. The van der Waals surface area contributed by atoms with Crippen LogP contribution in [0.2, 0.25) is 0 Å². The Morgan fingerprint density at radius 2 is 2.46 bits per heavy atom. The summed E-state index contributed by atoms with van der Waals surface area (Å²) in [6.07, 6.45) is 2.68. The van der Waals surface area contributed by atoms with Crippen LogP contribution in [0.15, 0.2) is 27.1 Å². The van der Waals surface area contributed by atoms with Gasteiger partial charge in [-0.15, -0.1) is 11.3 Å². The second kappa shape index (κ2) is 3.64. The molecule has 0 saturated carbocycles. The van der Waals surface area contributed by atoms with Crippen molar-refractivity contribution >= 4 is 33.0 Å². The minimum atomic E-state index is -0.0144. The van der Waals surface area contributed by atoms with Crippen molar-refractivity contribution in [2.75, 3.05) is 6.61 Å². The van der Waals surface area contributed by atoms with E-state index in [1.54, 1.807) is 0 Å². The van der Waals surface area contributed by atoms with Gasteiger partial charge in [-0.3, -0.25) is 4.79 Å². The highest BCUT2D eigenvalue weighted by atomic mass is 79.9. The van der Waals surface area contributed by atoms with E-state index in [1.165, 1.54) is 11.3 Å². The molecule has 1 aromatic rings. The molecule has 0 fully saturated rings. The van der Waals surface area contributed by atoms with Crippen molar-refractivity contribution in [2.24, 2.45) is 0 Å². The number of hydrogen-bond donors (Lipinski definition) is 0. The van der Waals surface area contributed by atoms with Gasteiger partial charge in [0.15, 0.2) is 5.76 Å². The van der Waals surface area contributed by atoms with Crippen LogP contribution in [-0.4, -0.2) is 12.4 Å². The fraction of sp³-hybridized carbons (Fsp3) is 0.222. The lowest BCUT2D eigenvalue weighted by atomic mass is 10.2. The summed E-state index contributed by atoms with van der Waals surface area (Å²) in [6, 6.07) is 1.82. The highest BCUT2D eigenvalue weighted by molar-refractivity contribution is 9.11. The van der Waals surface area contributed by atoms with Crippen molar-refractivity contribution in [3.05, 3.63) is 32.6 Å². The smallest absolute Gasteiger partial charge is 0.228 e. The number of ether oxygens (including phenoxy) is 1. The summed E-state index contributed by atoms with van der Waals surface area (Å²) < 4.78 is 6.15. The first kappa shape index (κ1) is 8.97. The van der Waals surface area contributed by atoms with E-state index in [9.17, 15) is 4.79 Å². The molecule has 2 rings (SSSR count). The Hall–Kier alpha value is -0.610. The Labute approximate surface area is 88.3 Å². The van der Waals surface area contributed by atoms with E-state index in [-0.39, 0.29) is 5.78 Å². The molecular weight excluding hydrogens is 252 g/mol. The Morgan fingerprint density at radius 1 is 1.62 bits per heavy atom. The molecule has 0 aliphatic carbocycles. The number of ketones is 1. The lowest BCUT2D eigenvalue weighted by molar-refractivity contribution is 0.0943. The Morgan fingerprint density at radius 3 is 3.00 bits per heavy atom. The molecule has 68 valence electrons. The fourth-order valence-corrected chi connectivity index (χ4v) is 2.28. The molecule has 1 aromatic heterocycles. The van der Waals surface area contributed by atoms with Gasteiger partial charge in [0.25, 0.3) is 0 Å². The van der Waals surface area contributed by atoms with Gasteiger partial charge in [0, 0.05) is 17.4 Å². The predicted octanol–water partition coefficient (Wildman–Crippen LogP) is 3.00. The first-order valence-corrected chi connectivity index (χ1v) is 5.56. The van der Waals surface area contributed by atoms with Gasteiger partial charge in [-0.2, -0.15) is 0 Å². The maximum atomic E-state index is 11.7. The molecule has 0 bridgehead atoms. The third-order valence-electron chi connectivity index (χ3n) is 1.76. The van der Waals surface area contributed by atoms with E-state index in [0.29, 0.717) is 17.9 Å². The Bertz CT molecular complexity index is 367. The first-order chi connectivity index (χ1) is 6.27. The number of carbonyl (C=O) groups excluding carboxylic acids is 1. The van der Waals surface area contributed by atoms with E-state index < -0.39 is 0 Å². The van der Waals surface area contributed by atoms with Crippen LogP contribution in [0.25, 0.3) is 0 Å². The van der Waals surface area contributed by atoms with Crippen LogP contribution in [0.3, 0.4) is 0 Å². The number of halogens is 1. The average Bonchev–Trinajstić information content (AvgIpc) is 2.72. The highest BCUT2D eigenvalue weighted by Gasteiger charge is 2.17. The summed E-state index contributed by atoms with van der Waals surface area (Å²) in [4.78, 5) is 11.7. The second-order valence-electron chi connectivity index (χ2n) is 2.67. The normalized spacial score (nSPS) is 15.3. The van der Waals surface area contributed by atoms with Crippen LogP contribution in [0, 0.1) is 0 Å². The van der Waals surface area contributed by atoms with Crippen LogP contribution in [0.1, 0.15) is 16.8 Å². The predicted molar refractivity (Wildman–Crippen MR) is 55.0 cm³/mol. The topological polar surface area (TPSA) is 26.3 Å². The van der Waals surface area contributed by atoms with E-state index in [1.807, 2.05) is 17.5 Å². The van der Waals surface area contributed by atoms with Crippen molar-refractivity contribution in [2.45, 2.75) is 6.42 Å². The molecular formula is C9H7BrO2S. The zero-order valence-electron chi connectivity index (χ0n) is 6.75. The standard InChI is InChI=1S/C9H7BrO2S/c10-8-4-6(5-13-8)9(11)7-2-1-3-12-7/h2,4-5H,1,3H2. The lowest BCUT2D eigenvalue weighted by Crippen LogP contribution is -2.01. The summed E-state index contributed by atoms with van der Waals surface area (Å²) in [6.45, 7) is 0.631. The molecule has 0 saturated heterocycles. The molecule has 0 spiro atoms. The largest absolute Gasteiger partial charge is 0.489 e. The second-order valence-corrected chi connectivity index (χ2v) is 4.96. The fourth-order valence-electron chi connectivity index (χ4n) is 1.15. The molecule has 2 nitrogen and oxygen atoms in total. The zero-order valence-corrected chi connectivity index (χ0v) is 9.15. The van der Waals surface area contributed by atoms with Crippen molar-refractivity contribution in [1.82, 2.24) is 0 Å². The van der Waals surface area contributed by atoms with Gasteiger partial charge in [0.05, 0.1) is 10.4 Å². The first-order valence-electron chi connectivity index (χ1n) is 3.89. The molecule has 2 heterocycles. The number of Topliss-reactive ketones (excluding diaryl/α,β-unsaturated/α-hetero) is 1. The van der Waals surface area contributed by atoms with Crippen molar-refractivity contribution in [3.63, 3.8) is 0 Å². The quantitative estimate of drug-likeness (QED) is 0.763. The van der Waals surface area contributed by atoms with Crippen LogP contribution in [0.4, 0.5) is 0 Å². The zero-order chi connectivity index (χ0) is 9.26. The molecule has 1 aliphatic rings. The van der Waals surface area contributed by atoms with Crippen molar-refractivity contribution in [3.8, 4) is 0 Å². The Balaban J connectivity index is 2.22. The van der Waals surface area contributed by atoms with Gasteiger partial charge >= 0.3 is 0 Å². The summed E-state index contributed by atoms with van der Waals surface area (Å²) in [5.74, 6) is 0.477. The summed E-state index contributed by atoms with van der Waals surface area (Å²) in [5, 5.41) is 1.83. The van der Waals surface area contributed by atoms with Gasteiger partial charge in [0.2, 0.25) is 5.78 Å². The van der Waals surface area contributed by atoms with Gasteiger partial charge in [-0.1, -0.05) is 0 Å². The number of thiophene rings is 1. The summed E-state index contributed by atoms with van der Waals surface area (Å²) in [7, 11) is 0. The average molecular weight is 259 g/mol. The lowest BCUT2D eigenvalue weighted by Gasteiger charge is -1.99. The molecule has 0 amide bonds. The molecule has 0 aromatic carbocycles. The number of rotatable bonds is 2. The molecule has 4 heteroatoms. The van der Waals surface area contributed by atoms with E-state index in [2.05, 4.69) is 15.9 Å². The van der Waals surface area contributed by atoms with Crippen LogP contribution < -0.4 is 0 Å². The molecule has 1 aliphatic heterocycles. The number of carbonyl (C=O) groups is 1. The van der Waals surface area contributed by atoms with Gasteiger partial charge in [-0.05, 0) is 28.1 Å². The van der Waals surface area contributed by atoms with Gasteiger partial charge in [0.1, 0.15) is 0 Å². The van der Waals surface area contributed by atoms with E-state index >= 15 is 0 Å². The van der Waals surface area contributed by atoms with E-state index in [0.717, 1.165) is 10.2 Å². The van der Waals surface area contributed by atoms with Crippen molar-refractivity contribution < 1.29 is 9.53 Å². The van der Waals surface area contributed by atoms with Gasteiger partial charge < -0.3 is 4.74 Å². The number of allylic oxidation sites excluding steroid dienone is 1.